The van der Waals surface area contributed by atoms with Crippen LogP contribution in [0, 0.1) is 0 Å². The summed E-state index contributed by atoms with van der Waals surface area (Å²) in [6.45, 7) is 4.04. The number of rotatable bonds is 3. The van der Waals surface area contributed by atoms with Crippen LogP contribution in [-0.4, -0.2) is 16.1 Å². The van der Waals surface area contributed by atoms with Crippen molar-refractivity contribution in [3.05, 3.63) is 48.5 Å². The first-order chi connectivity index (χ1) is 9.22. The Morgan fingerprint density at radius 1 is 1.05 bits per heavy atom. The van der Waals surface area contributed by atoms with Crippen LogP contribution in [0.15, 0.2) is 48.5 Å². The Labute approximate surface area is 112 Å². The smallest absolute Gasteiger partial charge is 0.138 e. The Balaban J connectivity index is 2.01. The molecule has 0 unspecified atom stereocenters. The summed E-state index contributed by atoms with van der Waals surface area (Å²) in [7, 11) is 0. The minimum Gasteiger partial charge on any atom is -0.491 e. The molecule has 1 N–H and O–H groups in total. The number of benzene rings is 2. The molecule has 3 nitrogen and oxygen atoms in total. The molecule has 0 fully saturated rings. The molecule has 0 saturated carbocycles. The van der Waals surface area contributed by atoms with E-state index in [4.69, 9.17) is 4.74 Å². The fourth-order valence-electron chi connectivity index (χ4n) is 2.08. The van der Waals surface area contributed by atoms with Crippen molar-refractivity contribution in [3.63, 3.8) is 0 Å². The summed E-state index contributed by atoms with van der Waals surface area (Å²) < 4.78 is 5.71. The van der Waals surface area contributed by atoms with Crippen LogP contribution in [0.2, 0.25) is 0 Å². The Kier molecular flexibility index (Phi) is 2.95. The van der Waals surface area contributed by atoms with Crippen molar-refractivity contribution in [2.45, 2.75) is 20.0 Å². The van der Waals surface area contributed by atoms with Gasteiger partial charge in [0.2, 0.25) is 0 Å². The monoisotopic (exact) mass is 252 g/mol. The fourth-order valence-corrected chi connectivity index (χ4v) is 2.08. The normalized spacial score (nSPS) is 11.1. The van der Waals surface area contributed by atoms with Crippen molar-refractivity contribution < 1.29 is 4.74 Å². The molecule has 3 aromatic rings. The molecule has 0 aliphatic heterocycles. The van der Waals surface area contributed by atoms with Crippen molar-refractivity contribution in [2.24, 2.45) is 0 Å². The van der Waals surface area contributed by atoms with Crippen LogP contribution < -0.4 is 4.74 Å². The van der Waals surface area contributed by atoms with E-state index in [1.807, 2.05) is 62.4 Å². The molecule has 0 spiro atoms. The summed E-state index contributed by atoms with van der Waals surface area (Å²) in [4.78, 5) is 7.92. The molecular formula is C16H16N2O. The summed E-state index contributed by atoms with van der Waals surface area (Å²) in [5.41, 5.74) is 3.06. The SMILES string of the molecule is CC(C)Oc1cccc(-c2nc3ccccc3[nH]2)c1. The van der Waals surface area contributed by atoms with Gasteiger partial charge in [-0.25, -0.2) is 4.98 Å². The van der Waals surface area contributed by atoms with E-state index in [2.05, 4.69) is 9.97 Å². The van der Waals surface area contributed by atoms with Gasteiger partial charge in [-0.15, -0.1) is 0 Å². The van der Waals surface area contributed by atoms with Gasteiger partial charge in [-0.1, -0.05) is 24.3 Å². The van der Waals surface area contributed by atoms with Crippen molar-refractivity contribution in [1.82, 2.24) is 9.97 Å². The molecule has 0 radical (unpaired) electrons. The molecule has 0 atom stereocenters. The van der Waals surface area contributed by atoms with Crippen LogP contribution in [-0.2, 0) is 0 Å². The van der Waals surface area contributed by atoms with E-state index in [9.17, 15) is 0 Å². The molecule has 3 rings (SSSR count). The maximum absolute atomic E-state index is 5.71. The number of hydrogen-bond donors (Lipinski definition) is 1. The fraction of sp³-hybridized carbons (Fsp3) is 0.188. The largest absolute Gasteiger partial charge is 0.491 e. The van der Waals surface area contributed by atoms with Crippen molar-refractivity contribution in [1.29, 1.82) is 0 Å². The third kappa shape index (κ3) is 2.45. The highest BCUT2D eigenvalue weighted by Crippen LogP contribution is 2.24. The zero-order valence-electron chi connectivity index (χ0n) is 11.1. The third-order valence-corrected chi connectivity index (χ3v) is 2.87. The second-order valence-electron chi connectivity index (χ2n) is 4.80. The molecule has 2 aromatic carbocycles. The van der Waals surface area contributed by atoms with Gasteiger partial charge >= 0.3 is 0 Å². The standard InChI is InChI=1S/C16H16N2O/c1-11(2)19-13-7-5-6-12(10-13)16-17-14-8-3-4-9-15(14)18-16/h3-11H,1-2H3,(H,17,18). The van der Waals surface area contributed by atoms with E-state index < -0.39 is 0 Å². The van der Waals surface area contributed by atoms with E-state index in [1.165, 1.54) is 0 Å². The van der Waals surface area contributed by atoms with Gasteiger partial charge in [0, 0.05) is 5.56 Å². The quantitative estimate of drug-likeness (QED) is 0.764. The first-order valence-electron chi connectivity index (χ1n) is 6.44. The second-order valence-corrected chi connectivity index (χ2v) is 4.80. The Morgan fingerprint density at radius 3 is 2.68 bits per heavy atom. The molecule has 96 valence electrons. The van der Waals surface area contributed by atoms with E-state index in [1.54, 1.807) is 0 Å². The van der Waals surface area contributed by atoms with E-state index in [0.29, 0.717) is 0 Å². The third-order valence-electron chi connectivity index (χ3n) is 2.87. The van der Waals surface area contributed by atoms with Crippen molar-refractivity contribution in [2.75, 3.05) is 0 Å². The zero-order valence-corrected chi connectivity index (χ0v) is 11.1. The average Bonchev–Trinajstić information content (AvgIpc) is 2.82. The average molecular weight is 252 g/mol. The number of aromatic amines is 1. The predicted molar refractivity (Wildman–Crippen MR) is 77.3 cm³/mol. The number of hydrogen-bond acceptors (Lipinski definition) is 2. The lowest BCUT2D eigenvalue weighted by Gasteiger charge is -2.10. The lowest BCUT2D eigenvalue weighted by molar-refractivity contribution is 0.242. The number of H-pyrrole nitrogens is 1. The molecule has 0 bridgehead atoms. The van der Waals surface area contributed by atoms with Gasteiger partial charge in [0.25, 0.3) is 0 Å². The molecular weight excluding hydrogens is 236 g/mol. The molecule has 1 heterocycles. The number of imidazole rings is 1. The van der Waals surface area contributed by atoms with Crippen molar-refractivity contribution >= 4 is 11.0 Å². The Morgan fingerprint density at radius 2 is 1.89 bits per heavy atom. The molecule has 19 heavy (non-hydrogen) atoms. The highest BCUT2D eigenvalue weighted by molar-refractivity contribution is 5.79. The van der Waals surface area contributed by atoms with Gasteiger partial charge in [0.15, 0.2) is 0 Å². The van der Waals surface area contributed by atoms with Gasteiger partial charge in [-0.2, -0.15) is 0 Å². The highest BCUT2D eigenvalue weighted by atomic mass is 16.5. The summed E-state index contributed by atoms with van der Waals surface area (Å²) in [5, 5.41) is 0. The second kappa shape index (κ2) is 4.76. The van der Waals surface area contributed by atoms with Gasteiger partial charge in [-0.05, 0) is 38.1 Å². The summed E-state index contributed by atoms with van der Waals surface area (Å²) >= 11 is 0. The van der Waals surface area contributed by atoms with Crippen LogP contribution >= 0.6 is 0 Å². The van der Waals surface area contributed by atoms with Crippen LogP contribution in [0.5, 0.6) is 5.75 Å². The Bertz CT molecular complexity index is 668. The van der Waals surface area contributed by atoms with Crippen LogP contribution in [0.4, 0.5) is 0 Å². The first-order valence-corrected chi connectivity index (χ1v) is 6.44. The first kappa shape index (κ1) is 11.8. The topological polar surface area (TPSA) is 37.9 Å². The molecule has 0 saturated heterocycles. The summed E-state index contributed by atoms with van der Waals surface area (Å²) in [6.07, 6.45) is 0.172. The lowest BCUT2D eigenvalue weighted by atomic mass is 10.2. The summed E-state index contributed by atoms with van der Waals surface area (Å²) in [5.74, 6) is 1.74. The van der Waals surface area contributed by atoms with Crippen molar-refractivity contribution in [3.8, 4) is 17.1 Å². The van der Waals surface area contributed by atoms with E-state index >= 15 is 0 Å². The molecule has 0 amide bonds. The molecule has 3 heteroatoms. The van der Waals surface area contributed by atoms with Crippen LogP contribution in [0.1, 0.15) is 13.8 Å². The summed E-state index contributed by atoms with van der Waals surface area (Å²) in [6, 6.07) is 16.0. The maximum atomic E-state index is 5.71. The van der Waals surface area contributed by atoms with Crippen LogP contribution in [0.25, 0.3) is 22.4 Å². The lowest BCUT2D eigenvalue weighted by Crippen LogP contribution is -2.05. The zero-order chi connectivity index (χ0) is 13.2. The number of fused-ring (bicyclic) bond motifs is 1. The number of ether oxygens (including phenoxy) is 1. The highest BCUT2D eigenvalue weighted by Gasteiger charge is 2.06. The molecule has 0 aliphatic carbocycles. The van der Waals surface area contributed by atoms with Gasteiger partial charge in [0.05, 0.1) is 17.1 Å². The minimum absolute atomic E-state index is 0.172. The van der Waals surface area contributed by atoms with Gasteiger partial charge in [0.1, 0.15) is 11.6 Å². The number of para-hydroxylation sites is 2. The molecule has 0 aliphatic rings. The minimum atomic E-state index is 0.172. The van der Waals surface area contributed by atoms with Gasteiger partial charge in [-0.3, -0.25) is 0 Å². The maximum Gasteiger partial charge on any atom is 0.138 e. The van der Waals surface area contributed by atoms with E-state index in [0.717, 1.165) is 28.2 Å². The Hall–Kier alpha value is -2.29. The molecule has 1 aromatic heterocycles. The predicted octanol–water partition coefficient (Wildman–Crippen LogP) is 4.02. The van der Waals surface area contributed by atoms with Crippen LogP contribution in [0.3, 0.4) is 0 Å². The van der Waals surface area contributed by atoms with E-state index in [-0.39, 0.29) is 6.10 Å². The number of nitrogens with zero attached hydrogens (tertiary/aromatic N) is 1. The number of aromatic nitrogens is 2. The van der Waals surface area contributed by atoms with Gasteiger partial charge < -0.3 is 9.72 Å². The number of nitrogens with one attached hydrogen (secondary N) is 1.